The Morgan fingerprint density at radius 1 is 1.40 bits per heavy atom. The Balaban J connectivity index is 2.03. The third-order valence-corrected chi connectivity index (χ3v) is 2.65. The number of hydrogen-bond donors (Lipinski definition) is 1. The molecule has 1 aliphatic heterocycles. The summed E-state index contributed by atoms with van der Waals surface area (Å²) in [6, 6.07) is 8.61. The van der Waals surface area contributed by atoms with Crippen LogP contribution in [-0.2, 0) is 6.54 Å². The Morgan fingerprint density at radius 3 is 2.60 bits per heavy atom. The Morgan fingerprint density at radius 2 is 2.07 bits per heavy atom. The summed E-state index contributed by atoms with van der Waals surface area (Å²) < 4.78 is 0. The maximum absolute atomic E-state index is 11.5. The molecular weight excluding hydrogens is 188 g/mol. The van der Waals surface area contributed by atoms with Crippen molar-refractivity contribution in [1.82, 2.24) is 10.2 Å². The van der Waals surface area contributed by atoms with Crippen LogP contribution in [0.5, 0.6) is 0 Å². The molecule has 0 spiro atoms. The van der Waals surface area contributed by atoms with Gasteiger partial charge in [0.2, 0.25) is 0 Å². The SMILES string of the molecule is Cc1ccc(CN2CC(C)NC2=O)cc1. The number of nitrogens with one attached hydrogen (secondary N) is 1. The van der Waals surface area contributed by atoms with Crippen LogP contribution in [0.25, 0.3) is 0 Å². The van der Waals surface area contributed by atoms with E-state index in [0.29, 0.717) is 6.54 Å². The summed E-state index contributed by atoms with van der Waals surface area (Å²) in [4.78, 5) is 13.3. The quantitative estimate of drug-likeness (QED) is 0.784. The fraction of sp³-hybridized carbons (Fsp3) is 0.417. The first-order valence-corrected chi connectivity index (χ1v) is 5.26. The predicted molar refractivity (Wildman–Crippen MR) is 59.6 cm³/mol. The number of amides is 2. The summed E-state index contributed by atoms with van der Waals surface area (Å²) >= 11 is 0. The molecule has 1 N–H and O–H groups in total. The molecule has 2 rings (SSSR count). The van der Waals surface area contributed by atoms with E-state index in [1.54, 1.807) is 0 Å². The molecule has 80 valence electrons. The molecule has 1 aromatic rings. The normalized spacial score (nSPS) is 20.5. The average molecular weight is 204 g/mol. The molecular formula is C12H16N2O. The molecule has 1 fully saturated rings. The molecule has 2 amide bonds. The van der Waals surface area contributed by atoms with Gasteiger partial charge in [-0.05, 0) is 19.4 Å². The van der Waals surface area contributed by atoms with E-state index in [1.807, 2.05) is 11.8 Å². The highest BCUT2D eigenvalue weighted by Crippen LogP contribution is 2.10. The van der Waals surface area contributed by atoms with Gasteiger partial charge in [-0.3, -0.25) is 0 Å². The second-order valence-corrected chi connectivity index (χ2v) is 4.22. The van der Waals surface area contributed by atoms with Crippen LogP contribution in [0.1, 0.15) is 18.1 Å². The monoisotopic (exact) mass is 204 g/mol. The smallest absolute Gasteiger partial charge is 0.318 e. The molecule has 3 nitrogen and oxygen atoms in total. The molecule has 15 heavy (non-hydrogen) atoms. The summed E-state index contributed by atoms with van der Waals surface area (Å²) in [5, 5.41) is 2.89. The largest absolute Gasteiger partial charge is 0.334 e. The standard InChI is InChI=1S/C12H16N2O/c1-9-3-5-11(6-4-9)8-14-7-10(2)13-12(14)15/h3-6,10H,7-8H2,1-2H3,(H,13,15). The van der Waals surface area contributed by atoms with Crippen molar-refractivity contribution >= 4 is 6.03 Å². The highest BCUT2D eigenvalue weighted by molar-refractivity contribution is 5.76. The minimum atomic E-state index is 0.0445. The molecule has 0 saturated carbocycles. The minimum absolute atomic E-state index is 0.0445. The highest BCUT2D eigenvalue weighted by atomic mass is 16.2. The maximum atomic E-state index is 11.5. The molecule has 1 atom stereocenters. The number of benzene rings is 1. The van der Waals surface area contributed by atoms with E-state index in [9.17, 15) is 4.79 Å². The first-order chi connectivity index (χ1) is 7.15. The second kappa shape index (κ2) is 3.93. The molecule has 0 aromatic heterocycles. The first kappa shape index (κ1) is 10.0. The van der Waals surface area contributed by atoms with Gasteiger partial charge in [-0.1, -0.05) is 29.8 Å². The van der Waals surface area contributed by atoms with Crippen molar-refractivity contribution in [3.05, 3.63) is 35.4 Å². The summed E-state index contributed by atoms with van der Waals surface area (Å²) in [7, 11) is 0. The number of carbonyl (C=O) groups excluding carboxylic acids is 1. The molecule has 1 aromatic carbocycles. The van der Waals surface area contributed by atoms with Crippen LogP contribution >= 0.6 is 0 Å². The van der Waals surface area contributed by atoms with Gasteiger partial charge in [0.1, 0.15) is 0 Å². The van der Waals surface area contributed by atoms with Crippen LogP contribution in [-0.4, -0.2) is 23.5 Å². The molecule has 1 unspecified atom stereocenters. The van der Waals surface area contributed by atoms with Gasteiger partial charge >= 0.3 is 6.03 Å². The van der Waals surface area contributed by atoms with Crippen molar-refractivity contribution in [1.29, 1.82) is 0 Å². The molecule has 0 bridgehead atoms. The van der Waals surface area contributed by atoms with Crippen LogP contribution in [0.3, 0.4) is 0 Å². The van der Waals surface area contributed by atoms with Crippen molar-refractivity contribution in [2.75, 3.05) is 6.54 Å². The summed E-state index contributed by atoms with van der Waals surface area (Å²) in [5.74, 6) is 0. The zero-order valence-electron chi connectivity index (χ0n) is 9.16. The summed E-state index contributed by atoms with van der Waals surface area (Å²) in [5.41, 5.74) is 2.43. The lowest BCUT2D eigenvalue weighted by Gasteiger charge is -2.14. The lowest BCUT2D eigenvalue weighted by atomic mass is 10.1. The van der Waals surface area contributed by atoms with E-state index in [-0.39, 0.29) is 12.1 Å². The zero-order chi connectivity index (χ0) is 10.8. The van der Waals surface area contributed by atoms with Crippen molar-refractivity contribution in [2.24, 2.45) is 0 Å². The third kappa shape index (κ3) is 2.29. The Bertz CT molecular complexity index is 358. The molecule has 0 radical (unpaired) electrons. The highest BCUT2D eigenvalue weighted by Gasteiger charge is 2.24. The first-order valence-electron chi connectivity index (χ1n) is 5.26. The number of aryl methyl sites for hydroxylation is 1. The van der Waals surface area contributed by atoms with Gasteiger partial charge in [0.15, 0.2) is 0 Å². The van der Waals surface area contributed by atoms with E-state index < -0.39 is 0 Å². The van der Waals surface area contributed by atoms with Gasteiger partial charge in [-0.2, -0.15) is 0 Å². The van der Waals surface area contributed by atoms with Crippen LogP contribution < -0.4 is 5.32 Å². The molecule has 0 aliphatic carbocycles. The Labute approximate surface area is 90.1 Å². The van der Waals surface area contributed by atoms with Crippen LogP contribution in [0.2, 0.25) is 0 Å². The zero-order valence-corrected chi connectivity index (χ0v) is 9.16. The Kier molecular flexibility index (Phi) is 2.62. The lowest BCUT2D eigenvalue weighted by molar-refractivity contribution is 0.215. The van der Waals surface area contributed by atoms with Gasteiger partial charge in [0.25, 0.3) is 0 Å². The van der Waals surface area contributed by atoms with Gasteiger partial charge in [-0.25, -0.2) is 4.79 Å². The molecule has 1 heterocycles. The fourth-order valence-electron chi connectivity index (χ4n) is 1.81. The third-order valence-electron chi connectivity index (χ3n) is 2.65. The van der Waals surface area contributed by atoms with Crippen molar-refractivity contribution in [3.8, 4) is 0 Å². The van der Waals surface area contributed by atoms with Crippen LogP contribution in [0, 0.1) is 6.92 Å². The van der Waals surface area contributed by atoms with Crippen molar-refractivity contribution in [3.63, 3.8) is 0 Å². The van der Waals surface area contributed by atoms with Gasteiger partial charge in [0.05, 0.1) is 0 Å². The van der Waals surface area contributed by atoms with Gasteiger partial charge in [-0.15, -0.1) is 0 Å². The molecule has 1 aliphatic rings. The summed E-state index contributed by atoms with van der Waals surface area (Å²) in [6.45, 7) is 5.59. The topological polar surface area (TPSA) is 32.3 Å². The van der Waals surface area contributed by atoms with Crippen LogP contribution in [0.15, 0.2) is 24.3 Å². The number of urea groups is 1. The molecule has 1 saturated heterocycles. The number of rotatable bonds is 2. The second-order valence-electron chi connectivity index (χ2n) is 4.22. The van der Waals surface area contributed by atoms with Crippen molar-refractivity contribution < 1.29 is 4.79 Å². The Hall–Kier alpha value is -1.51. The van der Waals surface area contributed by atoms with E-state index in [1.165, 1.54) is 11.1 Å². The lowest BCUT2D eigenvalue weighted by Crippen LogP contribution is -2.27. The van der Waals surface area contributed by atoms with Gasteiger partial charge < -0.3 is 10.2 Å². The average Bonchev–Trinajstić information content (AvgIpc) is 2.49. The van der Waals surface area contributed by atoms with Crippen molar-refractivity contribution in [2.45, 2.75) is 26.4 Å². The van der Waals surface area contributed by atoms with E-state index >= 15 is 0 Å². The molecule has 3 heteroatoms. The van der Waals surface area contributed by atoms with E-state index in [2.05, 4.69) is 36.5 Å². The van der Waals surface area contributed by atoms with Crippen LogP contribution in [0.4, 0.5) is 4.79 Å². The predicted octanol–water partition coefficient (Wildman–Crippen LogP) is 1.91. The minimum Gasteiger partial charge on any atom is -0.334 e. The van der Waals surface area contributed by atoms with Gasteiger partial charge in [0, 0.05) is 19.1 Å². The summed E-state index contributed by atoms with van der Waals surface area (Å²) in [6.07, 6.45) is 0. The maximum Gasteiger partial charge on any atom is 0.318 e. The fourth-order valence-corrected chi connectivity index (χ4v) is 1.81. The number of hydrogen-bond acceptors (Lipinski definition) is 1. The van der Waals surface area contributed by atoms with E-state index in [4.69, 9.17) is 0 Å². The number of carbonyl (C=O) groups is 1. The van der Waals surface area contributed by atoms with E-state index in [0.717, 1.165) is 6.54 Å². The number of nitrogens with zero attached hydrogens (tertiary/aromatic N) is 1.